The maximum atomic E-state index is 12.0. The first-order valence-corrected chi connectivity index (χ1v) is 8.39. The van der Waals surface area contributed by atoms with Gasteiger partial charge in [-0.2, -0.15) is 0 Å². The van der Waals surface area contributed by atoms with E-state index in [1.807, 2.05) is 0 Å². The molecular weight excluding hydrogens is 430 g/mol. The lowest BCUT2D eigenvalue weighted by atomic mass is 10.1. The van der Waals surface area contributed by atoms with Gasteiger partial charge in [-0.05, 0) is 51.3 Å². The van der Waals surface area contributed by atoms with Gasteiger partial charge in [0.15, 0.2) is 0 Å². The number of amides is 1. The zero-order valence-electron chi connectivity index (χ0n) is 11.0. The molecule has 1 heterocycles. The fraction of sp³-hybridized carbons (Fsp3) is 0.417. The van der Waals surface area contributed by atoms with Gasteiger partial charge in [-0.3, -0.25) is 9.59 Å². The molecule has 0 aliphatic heterocycles. The van der Waals surface area contributed by atoms with Crippen LogP contribution in [0.2, 0.25) is 0 Å². The second-order valence-electron chi connectivity index (χ2n) is 3.94. The Morgan fingerprint density at radius 3 is 2.57 bits per heavy atom. The van der Waals surface area contributed by atoms with Crippen LogP contribution in [0.1, 0.15) is 29.4 Å². The summed E-state index contributed by atoms with van der Waals surface area (Å²) in [4.78, 5) is 34.7. The predicted octanol–water partition coefficient (Wildman–Crippen LogP) is 2.80. The minimum Gasteiger partial charge on any atom is -0.480 e. The van der Waals surface area contributed by atoms with Crippen molar-refractivity contribution in [3.8, 4) is 0 Å². The summed E-state index contributed by atoms with van der Waals surface area (Å²) >= 11 is 7.70. The first-order valence-electron chi connectivity index (χ1n) is 5.99. The van der Waals surface area contributed by atoms with Gasteiger partial charge in [-0.1, -0.05) is 0 Å². The molecule has 0 bridgehead atoms. The summed E-state index contributed by atoms with van der Waals surface area (Å²) in [5.74, 6) is -2.18. The molecule has 0 spiro atoms. The van der Waals surface area contributed by atoms with Crippen LogP contribution < -0.4 is 5.32 Å². The minimum absolute atomic E-state index is 0.0202. The normalized spacial score (nSPS) is 11.8. The lowest BCUT2D eigenvalue weighted by molar-refractivity contribution is -0.144. The SMILES string of the molecule is CCOC(=O)CC[C@H](NC(=O)c1cc(Br)c(Br)s1)C(=O)O. The molecule has 1 rings (SSSR count). The number of aliphatic carboxylic acids is 1. The van der Waals surface area contributed by atoms with Crippen LogP contribution in [0.3, 0.4) is 0 Å². The largest absolute Gasteiger partial charge is 0.480 e. The van der Waals surface area contributed by atoms with E-state index >= 15 is 0 Å². The van der Waals surface area contributed by atoms with Gasteiger partial charge in [0.1, 0.15) is 6.04 Å². The zero-order valence-corrected chi connectivity index (χ0v) is 15.0. The van der Waals surface area contributed by atoms with E-state index in [0.717, 1.165) is 8.26 Å². The van der Waals surface area contributed by atoms with Crippen molar-refractivity contribution in [3.05, 3.63) is 19.2 Å². The van der Waals surface area contributed by atoms with Crippen molar-refractivity contribution in [2.24, 2.45) is 0 Å². The molecular formula is C12H13Br2NO5S. The summed E-state index contributed by atoms with van der Waals surface area (Å²) in [6.45, 7) is 1.90. The Hall–Kier alpha value is -0.930. The molecule has 1 aromatic rings. The molecule has 6 nitrogen and oxygen atoms in total. The maximum absolute atomic E-state index is 12.0. The van der Waals surface area contributed by atoms with Crippen LogP contribution in [0.5, 0.6) is 0 Å². The van der Waals surface area contributed by atoms with Crippen LogP contribution in [-0.4, -0.2) is 35.6 Å². The minimum atomic E-state index is -1.19. The Labute approximate surface area is 142 Å². The lowest BCUT2D eigenvalue weighted by Crippen LogP contribution is -2.40. The van der Waals surface area contributed by atoms with Gasteiger partial charge < -0.3 is 15.2 Å². The number of halogens is 2. The third-order valence-electron chi connectivity index (χ3n) is 2.41. The fourth-order valence-electron chi connectivity index (χ4n) is 1.44. The van der Waals surface area contributed by atoms with Gasteiger partial charge >= 0.3 is 11.9 Å². The molecule has 0 saturated heterocycles. The third kappa shape index (κ3) is 5.76. The van der Waals surface area contributed by atoms with Crippen molar-refractivity contribution in [1.82, 2.24) is 5.32 Å². The van der Waals surface area contributed by atoms with Crippen molar-refractivity contribution in [1.29, 1.82) is 0 Å². The van der Waals surface area contributed by atoms with E-state index in [9.17, 15) is 14.4 Å². The van der Waals surface area contributed by atoms with Crippen LogP contribution in [-0.2, 0) is 14.3 Å². The number of esters is 1. The average molecular weight is 443 g/mol. The van der Waals surface area contributed by atoms with E-state index in [2.05, 4.69) is 37.2 Å². The molecule has 0 saturated carbocycles. The molecule has 2 N–H and O–H groups in total. The molecule has 0 aliphatic rings. The van der Waals surface area contributed by atoms with Gasteiger partial charge in [0.05, 0.1) is 15.3 Å². The molecule has 0 fully saturated rings. The molecule has 21 heavy (non-hydrogen) atoms. The first-order chi connectivity index (χ1) is 9.85. The van der Waals surface area contributed by atoms with Crippen LogP contribution in [0.4, 0.5) is 0 Å². The highest BCUT2D eigenvalue weighted by atomic mass is 79.9. The standard InChI is InChI=1S/C12H13Br2NO5S/c1-2-20-9(16)4-3-7(12(18)19)15-11(17)8-5-6(13)10(14)21-8/h5,7H,2-4H2,1H3,(H,15,17)(H,18,19)/t7-/m0/s1. The van der Waals surface area contributed by atoms with Gasteiger partial charge in [0.25, 0.3) is 5.91 Å². The molecule has 0 aliphatic carbocycles. The summed E-state index contributed by atoms with van der Waals surface area (Å²) in [6.07, 6.45) is -0.0868. The number of carbonyl (C=O) groups is 3. The molecule has 0 unspecified atom stereocenters. The zero-order chi connectivity index (χ0) is 16.0. The quantitative estimate of drug-likeness (QED) is 0.633. The molecule has 0 radical (unpaired) electrons. The summed E-state index contributed by atoms with van der Waals surface area (Å²) in [5.41, 5.74) is 0. The Morgan fingerprint density at radius 2 is 2.10 bits per heavy atom. The van der Waals surface area contributed by atoms with Crippen LogP contribution in [0, 0.1) is 0 Å². The first kappa shape index (κ1) is 18.1. The number of thiophene rings is 1. The highest BCUT2D eigenvalue weighted by Crippen LogP contribution is 2.32. The second kappa shape index (κ2) is 8.50. The topological polar surface area (TPSA) is 92.7 Å². The fourth-order valence-corrected chi connectivity index (χ4v) is 3.38. The van der Waals surface area contributed by atoms with E-state index in [-0.39, 0.29) is 19.4 Å². The van der Waals surface area contributed by atoms with Crippen molar-refractivity contribution in [3.63, 3.8) is 0 Å². The Bertz CT molecular complexity index is 526. The van der Waals surface area contributed by atoms with E-state index in [0.29, 0.717) is 4.88 Å². The molecule has 1 atom stereocenters. The van der Waals surface area contributed by atoms with E-state index in [1.165, 1.54) is 11.3 Å². The predicted molar refractivity (Wildman–Crippen MR) is 84.5 cm³/mol. The summed E-state index contributed by atoms with van der Waals surface area (Å²) in [5, 5.41) is 11.5. The number of ether oxygens (including phenoxy) is 1. The monoisotopic (exact) mass is 441 g/mol. The number of carboxylic acids is 1. The number of rotatable bonds is 7. The second-order valence-corrected chi connectivity index (χ2v) is 7.16. The molecule has 1 amide bonds. The highest BCUT2D eigenvalue weighted by Gasteiger charge is 2.23. The van der Waals surface area contributed by atoms with Crippen molar-refractivity contribution >= 4 is 61.0 Å². The lowest BCUT2D eigenvalue weighted by Gasteiger charge is -2.13. The van der Waals surface area contributed by atoms with E-state index in [1.54, 1.807) is 13.0 Å². The third-order valence-corrected chi connectivity index (χ3v) is 5.67. The van der Waals surface area contributed by atoms with Crippen molar-refractivity contribution in [2.75, 3.05) is 6.61 Å². The van der Waals surface area contributed by atoms with Gasteiger partial charge in [0, 0.05) is 10.9 Å². The maximum Gasteiger partial charge on any atom is 0.326 e. The van der Waals surface area contributed by atoms with Crippen LogP contribution in [0.25, 0.3) is 0 Å². The number of hydrogen-bond acceptors (Lipinski definition) is 5. The van der Waals surface area contributed by atoms with Crippen LogP contribution >= 0.6 is 43.2 Å². The number of hydrogen-bond donors (Lipinski definition) is 2. The van der Waals surface area contributed by atoms with Gasteiger partial charge in [0.2, 0.25) is 0 Å². The molecule has 1 aromatic heterocycles. The summed E-state index contributed by atoms with van der Waals surface area (Å²) < 4.78 is 6.19. The van der Waals surface area contributed by atoms with Crippen LogP contribution in [0.15, 0.2) is 14.3 Å². The number of nitrogens with one attached hydrogen (secondary N) is 1. The van der Waals surface area contributed by atoms with Crippen molar-refractivity contribution < 1.29 is 24.2 Å². The number of carbonyl (C=O) groups excluding carboxylic acids is 2. The molecule has 116 valence electrons. The van der Waals surface area contributed by atoms with E-state index in [4.69, 9.17) is 9.84 Å². The smallest absolute Gasteiger partial charge is 0.326 e. The average Bonchev–Trinajstić information content (AvgIpc) is 2.74. The molecule has 9 heteroatoms. The van der Waals surface area contributed by atoms with E-state index < -0.39 is 23.9 Å². The summed E-state index contributed by atoms with van der Waals surface area (Å²) in [6, 6.07) is 0.454. The highest BCUT2D eigenvalue weighted by molar-refractivity contribution is 9.13. The van der Waals surface area contributed by atoms with Crippen molar-refractivity contribution in [2.45, 2.75) is 25.8 Å². The Kier molecular flexibility index (Phi) is 7.33. The Morgan fingerprint density at radius 1 is 1.43 bits per heavy atom. The summed E-state index contributed by atoms with van der Waals surface area (Å²) in [7, 11) is 0. The number of carboxylic acid groups (broad SMARTS) is 1. The van der Waals surface area contributed by atoms with Gasteiger partial charge in [-0.15, -0.1) is 11.3 Å². The Balaban J connectivity index is 2.63. The van der Waals surface area contributed by atoms with Gasteiger partial charge in [-0.25, -0.2) is 4.79 Å². The molecule has 0 aromatic carbocycles.